The minimum absolute atomic E-state index is 0.00630. The first kappa shape index (κ1) is 16.1. The maximum absolute atomic E-state index is 11.8. The highest BCUT2D eigenvalue weighted by atomic mass is 19.4. The van der Waals surface area contributed by atoms with Gasteiger partial charge in [-0.3, -0.25) is 0 Å². The number of hydrogen-bond donors (Lipinski definition) is 2. The second-order valence-electron chi connectivity index (χ2n) is 3.90. The van der Waals surface area contributed by atoms with E-state index >= 15 is 0 Å². The molecule has 0 bridgehead atoms. The lowest BCUT2D eigenvalue weighted by molar-refractivity contribution is -0.174. The summed E-state index contributed by atoms with van der Waals surface area (Å²) >= 11 is 0. The van der Waals surface area contributed by atoms with Crippen LogP contribution in [0.15, 0.2) is 18.2 Å². The van der Waals surface area contributed by atoms with Crippen molar-refractivity contribution in [1.29, 1.82) is 0 Å². The van der Waals surface area contributed by atoms with Crippen LogP contribution in [-0.4, -0.2) is 37.1 Å². The van der Waals surface area contributed by atoms with E-state index in [0.717, 1.165) is 0 Å². The Morgan fingerprint density at radius 1 is 1.30 bits per heavy atom. The fourth-order valence-corrected chi connectivity index (χ4v) is 1.41. The molecule has 0 heterocycles. The lowest BCUT2D eigenvalue weighted by Gasteiger charge is -2.12. The molecule has 0 amide bonds. The number of rotatable bonds is 7. The summed E-state index contributed by atoms with van der Waals surface area (Å²) in [5, 5.41) is 8.94. The predicted molar refractivity (Wildman–Crippen MR) is 64.8 cm³/mol. The number of carboxylic acids is 1. The van der Waals surface area contributed by atoms with Crippen molar-refractivity contribution in [2.45, 2.75) is 12.6 Å². The lowest BCUT2D eigenvalue weighted by atomic mass is 10.2. The molecule has 0 fully saturated rings. The molecule has 0 aliphatic rings. The maximum atomic E-state index is 11.8. The molecule has 3 N–H and O–H groups in total. The van der Waals surface area contributed by atoms with Crippen LogP contribution < -0.4 is 10.5 Å². The highest BCUT2D eigenvalue weighted by molar-refractivity contribution is 5.93. The molecule has 0 aromatic heterocycles. The van der Waals surface area contributed by atoms with Gasteiger partial charge in [-0.15, -0.1) is 0 Å². The molecule has 0 spiro atoms. The average Bonchev–Trinajstić information content (AvgIpc) is 2.33. The number of anilines is 1. The zero-order valence-electron chi connectivity index (χ0n) is 10.4. The molecule has 0 aliphatic carbocycles. The molecule has 0 saturated carbocycles. The van der Waals surface area contributed by atoms with E-state index in [-0.39, 0.29) is 36.6 Å². The van der Waals surface area contributed by atoms with E-state index < -0.39 is 18.8 Å². The van der Waals surface area contributed by atoms with E-state index in [1.165, 1.54) is 18.2 Å². The van der Waals surface area contributed by atoms with Gasteiger partial charge in [-0.25, -0.2) is 4.79 Å². The number of nitrogens with two attached hydrogens (primary N) is 1. The van der Waals surface area contributed by atoms with Gasteiger partial charge in [0.15, 0.2) is 5.75 Å². The van der Waals surface area contributed by atoms with Gasteiger partial charge in [0.25, 0.3) is 0 Å². The van der Waals surface area contributed by atoms with Gasteiger partial charge in [0.05, 0.1) is 18.9 Å². The van der Waals surface area contributed by atoms with E-state index in [4.69, 9.17) is 15.6 Å². The van der Waals surface area contributed by atoms with Gasteiger partial charge in [0.1, 0.15) is 12.2 Å². The summed E-state index contributed by atoms with van der Waals surface area (Å²) in [6, 6.07) is 4.27. The standard InChI is InChI=1S/C12H14F3NO4/c13-12(14,15)7-19-5-2-6-20-10-8(11(17)18)3-1-4-9(10)16/h1,3-4H,2,5-7,16H2,(H,17,18). The van der Waals surface area contributed by atoms with Crippen molar-refractivity contribution in [2.24, 2.45) is 0 Å². The largest absolute Gasteiger partial charge is 0.490 e. The smallest absolute Gasteiger partial charge is 0.411 e. The second-order valence-corrected chi connectivity index (χ2v) is 3.90. The first-order valence-electron chi connectivity index (χ1n) is 5.70. The van der Waals surface area contributed by atoms with E-state index in [9.17, 15) is 18.0 Å². The number of carboxylic acid groups (broad SMARTS) is 1. The third-order valence-electron chi connectivity index (χ3n) is 2.22. The molecule has 1 aromatic rings. The number of aromatic carboxylic acids is 1. The third kappa shape index (κ3) is 5.35. The number of hydrogen-bond acceptors (Lipinski definition) is 4. The van der Waals surface area contributed by atoms with Crippen LogP contribution in [0.2, 0.25) is 0 Å². The Hall–Kier alpha value is -1.96. The molecule has 1 rings (SSSR count). The summed E-state index contributed by atoms with van der Waals surface area (Å²) in [5.41, 5.74) is 5.65. The summed E-state index contributed by atoms with van der Waals surface area (Å²) in [5.74, 6) is -1.18. The van der Waals surface area contributed by atoms with Gasteiger partial charge in [0.2, 0.25) is 0 Å². The van der Waals surface area contributed by atoms with Crippen LogP contribution >= 0.6 is 0 Å². The normalized spacial score (nSPS) is 11.3. The molecular weight excluding hydrogens is 279 g/mol. The van der Waals surface area contributed by atoms with Crippen LogP contribution in [0.1, 0.15) is 16.8 Å². The van der Waals surface area contributed by atoms with Crippen molar-refractivity contribution in [3.8, 4) is 5.75 Å². The zero-order valence-corrected chi connectivity index (χ0v) is 10.4. The summed E-state index contributed by atoms with van der Waals surface area (Å²) in [6.45, 7) is -1.46. The fourth-order valence-electron chi connectivity index (χ4n) is 1.41. The highest BCUT2D eigenvalue weighted by Gasteiger charge is 2.27. The zero-order chi connectivity index (χ0) is 15.2. The molecule has 0 aliphatic heterocycles. The molecule has 1 aromatic carbocycles. The van der Waals surface area contributed by atoms with Gasteiger partial charge in [-0.1, -0.05) is 6.07 Å². The number of carbonyl (C=O) groups is 1. The Kier molecular flexibility index (Phi) is 5.63. The first-order valence-corrected chi connectivity index (χ1v) is 5.70. The van der Waals surface area contributed by atoms with E-state index in [0.29, 0.717) is 0 Å². The monoisotopic (exact) mass is 293 g/mol. The Morgan fingerprint density at radius 2 is 2.00 bits per heavy atom. The van der Waals surface area contributed by atoms with Crippen LogP contribution in [0.3, 0.4) is 0 Å². The lowest BCUT2D eigenvalue weighted by Crippen LogP contribution is -2.18. The van der Waals surface area contributed by atoms with Gasteiger partial charge >= 0.3 is 12.1 Å². The summed E-state index contributed by atoms with van der Waals surface area (Å²) in [4.78, 5) is 10.9. The Morgan fingerprint density at radius 3 is 2.60 bits per heavy atom. The third-order valence-corrected chi connectivity index (χ3v) is 2.22. The van der Waals surface area contributed by atoms with Crippen molar-refractivity contribution < 1.29 is 32.5 Å². The molecule has 0 unspecified atom stereocenters. The van der Waals surface area contributed by atoms with E-state index in [2.05, 4.69) is 4.74 Å². The topological polar surface area (TPSA) is 81.8 Å². The Bertz CT molecular complexity index is 463. The van der Waals surface area contributed by atoms with Crippen molar-refractivity contribution in [1.82, 2.24) is 0 Å². The van der Waals surface area contributed by atoms with Gasteiger partial charge in [-0.05, 0) is 12.1 Å². The van der Waals surface area contributed by atoms with Crippen LogP contribution in [-0.2, 0) is 4.74 Å². The number of para-hydroxylation sites is 1. The number of ether oxygens (including phenoxy) is 2. The highest BCUT2D eigenvalue weighted by Crippen LogP contribution is 2.26. The van der Waals surface area contributed by atoms with Crippen molar-refractivity contribution in [3.05, 3.63) is 23.8 Å². The number of benzene rings is 1. The SMILES string of the molecule is Nc1cccc(C(=O)O)c1OCCCOCC(F)(F)F. The van der Waals surface area contributed by atoms with Crippen LogP contribution in [0.25, 0.3) is 0 Å². The molecule has 0 radical (unpaired) electrons. The Labute approximate surface area is 113 Å². The number of halogens is 3. The van der Waals surface area contributed by atoms with Gasteiger partial charge in [-0.2, -0.15) is 13.2 Å². The van der Waals surface area contributed by atoms with Crippen LogP contribution in [0.4, 0.5) is 18.9 Å². The van der Waals surface area contributed by atoms with Gasteiger partial charge in [0, 0.05) is 6.42 Å². The second kappa shape index (κ2) is 6.99. The van der Waals surface area contributed by atoms with Crippen LogP contribution in [0, 0.1) is 0 Å². The predicted octanol–water partition coefficient (Wildman–Crippen LogP) is 2.31. The summed E-state index contributed by atoms with van der Waals surface area (Å²) in [6.07, 6.45) is -4.18. The van der Waals surface area contributed by atoms with Crippen molar-refractivity contribution >= 4 is 11.7 Å². The Balaban J connectivity index is 2.41. The molecule has 8 heteroatoms. The molecule has 0 saturated heterocycles. The molecule has 0 atom stereocenters. The number of nitrogen functional groups attached to an aromatic ring is 1. The minimum atomic E-state index is -4.36. The fraction of sp³-hybridized carbons (Fsp3) is 0.417. The molecular formula is C12H14F3NO4. The van der Waals surface area contributed by atoms with Crippen molar-refractivity contribution in [2.75, 3.05) is 25.6 Å². The van der Waals surface area contributed by atoms with E-state index in [1.807, 2.05) is 0 Å². The minimum Gasteiger partial charge on any atom is -0.490 e. The quantitative estimate of drug-likeness (QED) is 0.595. The molecule has 20 heavy (non-hydrogen) atoms. The molecule has 112 valence electrons. The molecule has 5 nitrogen and oxygen atoms in total. The van der Waals surface area contributed by atoms with Crippen molar-refractivity contribution in [3.63, 3.8) is 0 Å². The van der Waals surface area contributed by atoms with Crippen LogP contribution in [0.5, 0.6) is 5.75 Å². The maximum Gasteiger partial charge on any atom is 0.411 e. The number of alkyl halides is 3. The first-order chi connectivity index (χ1) is 9.31. The summed E-state index contributed by atoms with van der Waals surface area (Å²) in [7, 11) is 0. The van der Waals surface area contributed by atoms with Gasteiger partial charge < -0.3 is 20.3 Å². The average molecular weight is 293 g/mol. The summed E-state index contributed by atoms with van der Waals surface area (Å²) < 4.78 is 44.9. The van der Waals surface area contributed by atoms with E-state index in [1.54, 1.807) is 0 Å².